The van der Waals surface area contributed by atoms with Crippen LogP contribution in [0.1, 0.15) is 11.1 Å². The van der Waals surface area contributed by atoms with Gasteiger partial charge in [0.05, 0.1) is 18.3 Å². The molecule has 0 bridgehead atoms. The number of nitrogens with zero attached hydrogens (tertiary/aromatic N) is 2. The van der Waals surface area contributed by atoms with Crippen molar-refractivity contribution in [2.45, 2.75) is 13.0 Å². The first kappa shape index (κ1) is 19.4. The number of benzene rings is 2. The van der Waals surface area contributed by atoms with Crippen molar-refractivity contribution in [3.63, 3.8) is 0 Å². The summed E-state index contributed by atoms with van der Waals surface area (Å²) in [7, 11) is 1.67. The van der Waals surface area contributed by atoms with Crippen molar-refractivity contribution >= 4 is 22.5 Å². The van der Waals surface area contributed by atoms with E-state index in [-0.39, 0.29) is 0 Å². The molecule has 2 heterocycles. The van der Waals surface area contributed by atoms with Gasteiger partial charge < -0.3 is 10.1 Å². The number of methoxy groups -OCH3 is 1. The fraction of sp³-hybridized carbons (Fsp3) is 0.167. The summed E-state index contributed by atoms with van der Waals surface area (Å²) in [5.41, 5.74) is 5.27. The van der Waals surface area contributed by atoms with Crippen LogP contribution in [0.3, 0.4) is 0 Å². The molecule has 0 aliphatic heterocycles. The number of fused-ring (bicyclic) bond motifs is 1. The number of halogens is 1. The molecule has 0 aliphatic carbocycles. The van der Waals surface area contributed by atoms with Gasteiger partial charge in [0.15, 0.2) is 0 Å². The molecule has 5 heteroatoms. The Balaban J connectivity index is 1.57. The van der Waals surface area contributed by atoms with E-state index in [2.05, 4.69) is 28.5 Å². The van der Waals surface area contributed by atoms with E-state index in [0.29, 0.717) is 0 Å². The number of hydrogen-bond acceptors (Lipinski definition) is 4. The standard InChI is InChI=1S/C24H22ClN3O/c1-29-22-9-6-18-13-20(16-27-12-10-17-4-7-21(25)8-5-17)24(28-23(18)14-22)19-3-2-11-26-15-19/h2-9,11,13-15,27H,10,12,16H2,1H3. The number of aromatic nitrogens is 2. The molecule has 0 unspecified atom stereocenters. The quantitative estimate of drug-likeness (QED) is 0.426. The molecule has 4 nitrogen and oxygen atoms in total. The minimum absolute atomic E-state index is 0.729. The fourth-order valence-corrected chi connectivity index (χ4v) is 3.44. The van der Waals surface area contributed by atoms with E-state index in [0.717, 1.165) is 58.0 Å². The van der Waals surface area contributed by atoms with E-state index in [1.807, 2.05) is 48.7 Å². The monoisotopic (exact) mass is 403 g/mol. The number of ether oxygens (including phenoxy) is 1. The molecule has 1 N–H and O–H groups in total. The second kappa shape index (κ2) is 9.03. The molecule has 0 aliphatic rings. The summed E-state index contributed by atoms with van der Waals surface area (Å²) in [6.45, 7) is 1.60. The van der Waals surface area contributed by atoms with Gasteiger partial charge in [-0.2, -0.15) is 0 Å². The lowest BCUT2D eigenvalue weighted by atomic mass is 10.0. The van der Waals surface area contributed by atoms with E-state index < -0.39 is 0 Å². The van der Waals surface area contributed by atoms with Crippen LogP contribution in [0.5, 0.6) is 5.75 Å². The predicted molar refractivity (Wildman–Crippen MR) is 118 cm³/mol. The molecule has 4 aromatic rings. The molecule has 0 saturated heterocycles. The molecule has 2 aromatic carbocycles. The summed E-state index contributed by atoms with van der Waals surface area (Å²) in [5.74, 6) is 0.802. The maximum Gasteiger partial charge on any atom is 0.121 e. The van der Waals surface area contributed by atoms with Gasteiger partial charge in [-0.1, -0.05) is 23.7 Å². The van der Waals surface area contributed by atoms with E-state index in [9.17, 15) is 0 Å². The minimum atomic E-state index is 0.729. The second-order valence-electron chi connectivity index (χ2n) is 6.85. The smallest absolute Gasteiger partial charge is 0.121 e. The normalized spacial score (nSPS) is 11.0. The first-order chi connectivity index (χ1) is 14.2. The molecule has 0 fully saturated rings. The molecule has 0 saturated carbocycles. The van der Waals surface area contributed by atoms with Crippen LogP contribution in [0.4, 0.5) is 0 Å². The predicted octanol–water partition coefficient (Wildman–Crippen LogP) is 5.29. The summed E-state index contributed by atoms with van der Waals surface area (Å²) < 4.78 is 5.35. The zero-order chi connectivity index (χ0) is 20.1. The summed E-state index contributed by atoms with van der Waals surface area (Å²) in [6, 6.07) is 20.1. The lowest BCUT2D eigenvalue weighted by molar-refractivity contribution is 0.415. The van der Waals surface area contributed by atoms with E-state index >= 15 is 0 Å². The van der Waals surface area contributed by atoms with Gasteiger partial charge in [0.1, 0.15) is 5.75 Å². The van der Waals surface area contributed by atoms with Crippen LogP contribution in [0.25, 0.3) is 22.2 Å². The third kappa shape index (κ3) is 4.73. The molecule has 0 radical (unpaired) electrons. The van der Waals surface area contributed by atoms with E-state index in [4.69, 9.17) is 21.3 Å². The molecule has 0 amide bonds. The average molecular weight is 404 g/mol. The zero-order valence-corrected chi connectivity index (χ0v) is 17.0. The number of hydrogen-bond donors (Lipinski definition) is 1. The van der Waals surface area contributed by atoms with Crippen molar-refractivity contribution in [3.8, 4) is 17.0 Å². The van der Waals surface area contributed by atoms with Crippen LogP contribution < -0.4 is 10.1 Å². The van der Waals surface area contributed by atoms with Crippen molar-refractivity contribution in [2.75, 3.05) is 13.7 Å². The van der Waals surface area contributed by atoms with E-state index in [1.165, 1.54) is 5.56 Å². The third-order valence-corrected chi connectivity index (χ3v) is 5.11. The first-order valence-electron chi connectivity index (χ1n) is 9.56. The van der Waals surface area contributed by atoms with Gasteiger partial charge in [-0.05, 0) is 66.6 Å². The molecule has 146 valence electrons. The molecule has 4 rings (SSSR count). The summed E-state index contributed by atoms with van der Waals surface area (Å²) in [6.07, 6.45) is 4.57. The van der Waals surface area contributed by atoms with Crippen molar-refractivity contribution in [3.05, 3.63) is 89.2 Å². The van der Waals surface area contributed by atoms with Crippen LogP contribution in [0.15, 0.2) is 73.1 Å². The lowest BCUT2D eigenvalue weighted by Gasteiger charge is -2.13. The number of nitrogens with one attached hydrogen (secondary N) is 1. The largest absolute Gasteiger partial charge is 0.497 e. The Morgan fingerprint density at radius 1 is 1.03 bits per heavy atom. The zero-order valence-electron chi connectivity index (χ0n) is 16.2. The maximum absolute atomic E-state index is 5.96. The van der Waals surface area contributed by atoms with Gasteiger partial charge in [0.25, 0.3) is 0 Å². The number of pyridine rings is 2. The second-order valence-corrected chi connectivity index (χ2v) is 7.29. The maximum atomic E-state index is 5.96. The molecular formula is C24H22ClN3O. The lowest BCUT2D eigenvalue weighted by Crippen LogP contribution is -2.17. The van der Waals surface area contributed by atoms with Crippen molar-refractivity contribution < 1.29 is 4.74 Å². The van der Waals surface area contributed by atoms with Gasteiger partial charge in [0.2, 0.25) is 0 Å². The topological polar surface area (TPSA) is 47.0 Å². The molecule has 2 aromatic heterocycles. The van der Waals surface area contributed by atoms with Gasteiger partial charge in [-0.15, -0.1) is 0 Å². The van der Waals surface area contributed by atoms with Gasteiger partial charge in [-0.25, -0.2) is 4.98 Å². The Morgan fingerprint density at radius 3 is 2.66 bits per heavy atom. The third-order valence-electron chi connectivity index (χ3n) is 4.86. The SMILES string of the molecule is COc1ccc2cc(CNCCc3ccc(Cl)cc3)c(-c3cccnc3)nc2c1. The van der Waals surface area contributed by atoms with Crippen LogP contribution >= 0.6 is 11.6 Å². The Hall–Kier alpha value is -2.95. The molecule has 0 atom stereocenters. The van der Waals surface area contributed by atoms with Crippen molar-refractivity contribution in [1.29, 1.82) is 0 Å². The van der Waals surface area contributed by atoms with Crippen LogP contribution in [0, 0.1) is 0 Å². The van der Waals surface area contributed by atoms with Crippen molar-refractivity contribution in [1.82, 2.24) is 15.3 Å². The fourth-order valence-electron chi connectivity index (χ4n) is 3.31. The summed E-state index contributed by atoms with van der Waals surface area (Å²) >= 11 is 5.96. The summed E-state index contributed by atoms with van der Waals surface area (Å²) in [5, 5.41) is 5.40. The number of rotatable bonds is 7. The van der Waals surface area contributed by atoms with Gasteiger partial charge >= 0.3 is 0 Å². The van der Waals surface area contributed by atoms with Crippen LogP contribution in [-0.2, 0) is 13.0 Å². The molecule has 0 spiro atoms. The highest BCUT2D eigenvalue weighted by Gasteiger charge is 2.10. The van der Waals surface area contributed by atoms with E-state index in [1.54, 1.807) is 13.3 Å². The molecule has 29 heavy (non-hydrogen) atoms. The Bertz CT molecular complexity index is 1100. The van der Waals surface area contributed by atoms with Crippen molar-refractivity contribution in [2.24, 2.45) is 0 Å². The Kier molecular flexibility index (Phi) is 6.03. The highest BCUT2D eigenvalue weighted by molar-refractivity contribution is 6.30. The Labute approximate surface area is 175 Å². The van der Waals surface area contributed by atoms with Gasteiger partial charge in [-0.3, -0.25) is 4.98 Å². The first-order valence-corrected chi connectivity index (χ1v) is 9.94. The Morgan fingerprint density at radius 2 is 1.90 bits per heavy atom. The average Bonchev–Trinajstić information content (AvgIpc) is 2.77. The van der Waals surface area contributed by atoms with Gasteiger partial charge in [0, 0.05) is 41.0 Å². The highest BCUT2D eigenvalue weighted by atomic mass is 35.5. The van der Waals surface area contributed by atoms with Crippen LogP contribution in [-0.4, -0.2) is 23.6 Å². The van der Waals surface area contributed by atoms with Crippen LogP contribution in [0.2, 0.25) is 5.02 Å². The molecular weight excluding hydrogens is 382 g/mol. The summed E-state index contributed by atoms with van der Waals surface area (Å²) in [4.78, 5) is 9.19. The highest BCUT2D eigenvalue weighted by Crippen LogP contribution is 2.27. The minimum Gasteiger partial charge on any atom is -0.497 e.